The summed E-state index contributed by atoms with van der Waals surface area (Å²) >= 11 is 0. The van der Waals surface area contributed by atoms with Gasteiger partial charge in [-0.05, 0) is 37.0 Å². The molecule has 0 radical (unpaired) electrons. The molecule has 0 aliphatic heterocycles. The van der Waals surface area contributed by atoms with E-state index < -0.39 is 0 Å². The maximum absolute atomic E-state index is 11.8. The van der Waals surface area contributed by atoms with Gasteiger partial charge in [-0.3, -0.25) is 9.59 Å². The number of benzene rings is 1. The van der Waals surface area contributed by atoms with Crippen molar-refractivity contribution in [3.63, 3.8) is 0 Å². The summed E-state index contributed by atoms with van der Waals surface area (Å²) in [7, 11) is 0. The van der Waals surface area contributed by atoms with Crippen LogP contribution in [0.25, 0.3) is 0 Å². The zero-order chi connectivity index (χ0) is 20.5. The lowest BCUT2D eigenvalue weighted by atomic mass is 10.1. The molecule has 8 heteroatoms. The first-order valence-corrected chi connectivity index (χ1v) is 10.2. The highest BCUT2D eigenvalue weighted by molar-refractivity contribution is 14.0. The van der Waals surface area contributed by atoms with Crippen LogP contribution in [0.1, 0.15) is 30.9 Å². The fourth-order valence-corrected chi connectivity index (χ4v) is 2.91. The number of carbonyl (C=O) groups excluding carboxylic acids is 1. The first-order chi connectivity index (χ1) is 14.2. The van der Waals surface area contributed by atoms with Gasteiger partial charge in [-0.2, -0.15) is 0 Å². The van der Waals surface area contributed by atoms with E-state index in [2.05, 4.69) is 20.9 Å². The number of hydrogen-bond acceptors (Lipinski definition) is 3. The second-order valence-corrected chi connectivity index (χ2v) is 7.17. The molecule has 1 aliphatic rings. The minimum absolute atomic E-state index is 0. The highest BCUT2D eigenvalue weighted by Crippen LogP contribution is 2.28. The van der Waals surface area contributed by atoms with Crippen molar-refractivity contribution in [2.24, 2.45) is 10.9 Å². The molecule has 3 N–H and O–H groups in total. The number of guanidine groups is 1. The van der Waals surface area contributed by atoms with E-state index in [4.69, 9.17) is 0 Å². The van der Waals surface area contributed by atoms with Gasteiger partial charge in [-0.1, -0.05) is 30.3 Å². The maximum atomic E-state index is 11.8. The highest BCUT2D eigenvalue weighted by Gasteiger charge is 2.28. The number of aromatic nitrogens is 1. The predicted molar refractivity (Wildman–Crippen MR) is 130 cm³/mol. The van der Waals surface area contributed by atoms with E-state index in [9.17, 15) is 9.59 Å². The molecule has 162 valence electrons. The molecule has 0 spiro atoms. The van der Waals surface area contributed by atoms with Gasteiger partial charge in [-0.15, -0.1) is 24.0 Å². The summed E-state index contributed by atoms with van der Waals surface area (Å²) in [6, 6.07) is 13.3. The summed E-state index contributed by atoms with van der Waals surface area (Å²) in [5, 5.41) is 9.39. The summed E-state index contributed by atoms with van der Waals surface area (Å²) in [5.41, 5.74) is 2.16. The number of hydrogen-bond donors (Lipinski definition) is 3. The van der Waals surface area contributed by atoms with Crippen molar-refractivity contribution in [2.75, 3.05) is 19.6 Å². The molecule has 1 amide bonds. The number of nitrogens with zero attached hydrogens (tertiary/aromatic N) is 2. The van der Waals surface area contributed by atoms with Crippen LogP contribution in [-0.4, -0.2) is 36.1 Å². The smallest absolute Gasteiger partial charge is 0.250 e. The van der Waals surface area contributed by atoms with Crippen molar-refractivity contribution < 1.29 is 4.79 Å². The van der Waals surface area contributed by atoms with Crippen LogP contribution in [0.15, 0.2) is 58.4 Å². The van der Waals surface area contributed by atoms with Crippen LogP contribution in [-0.2, 0) is 17.9 Å². The summed E-state index contributed by atoms with van der Waals surface area (Å²) in [5.74, 6) is 1.13. The normalized spacial score (nSPS) is 13.3. The Morgan fingerprint density at radius 1 is 1.03 bits per heavy atom. The van der Waals surface area contributed by atoms with E-state index in [1.54, 1.807) is 22.9 Å². The molecule has 0 bridgehead atoms. The molecule has 1 aromatic carbocycles. The van der Waals surface area contributed by atoms with Crippen molar-refractivity contribution >= 4 is 35.8 Å². The van der Waals surface area contributed by atoms with E-state index in [0.717, 1.165) is 36.5 Å². The lowest BCUT2D eigenvalue weighted by Crippen LogP contribution is -2.41. The number of nitrogens with one attached hydrogen (secondary N) is 3. The molecule has 0 atom stereocenters. The van der Waals surface area contributed by atoms with Gasteiger partial charge in [0, 0.05) is 37.8 Å². The highest BCUT2D eigenvalue weighted by atomic mass is 127. The lowest BCUT2D eigenvalue weighted by Gasteiger charge is -2.12. The van der Waals surface area contributed by atoms with Crippen molar-refractivity contribution in [1.82, 2.24) is 20.5 Å². The molecule has 2 aromatic rings. The van der Waals surface area contributed by atoms with Gasteiger partial charge in [-0.25, -0.2) is 4.99 Å². The molecule has 1 fully saturated rings. The van der Waals surface area contributed by atoms with Gasteiger partial charge in [0.2, 0.25) is 5.91 Å². The third kappa shape index (κ3) is 7.81. The fraction of sp³-hybridized carbons (Fsp3) is 0.409. The second-order valence-electron chi connectivity index (χ2n) is 7.17. The molecule has 7 nitrogen and oxygen atoms in total. The Balaban J connectivity index is 0.00000320. The molecule has 0 saturated heterocycles. The molecule has 30 heavy (non-hydrogen) atoms. The topological polar surface area (TPSA) is 87.5 Å². The summed E-state index contributed by atoms with van der Waals surface area (Å²) in [4.78, 5) is 28.1. The third-order valence-corrected chi connectivity index (χ3v) is 4.70. The third-order valence-electron chi connectivity index (χ3n) is 4.70. The van der Waals surface area contributed by atoms with E-state index >= 15 is 0 Å². The molecule has 3 rings (SSSR count). The quantitative estimate of drug-likeness (QED) is 0.203. The summed E-state index contributed by atoms with van der Waals surface area (Å²) in [6.45, 7) is 5.12. The average Bonchev–Trinajstić information content (AvgIpc) is 3.57. The number of halogens is 1. The number of pyridine rings is 1. The Hall–Kier alpha value is -2.36. The van der Waals surface area contributed by atoms with Crippen LogP contribution >= 0.6 is 24.0 Å². The van der Waals surface area contributed by atoms with Gasteiger partial charge in [0.1, 0.15) is 0 Å². The number of amides is 1. The van der Waals surface area contributed by atoms with Crippen molar-refractivity contribution in [1.29, 1.82) is 0 Å². The lowest BCUT2D eigenvalue weighted by molar-refractivity contribution is -0.122. The molecule has 1 aliphatic carbocycles. The Kier molecular flexibility index (Phi) is 9.85. The Morgan fingerprint density at radius 3 is 2.40 bits per heavy atom. The van der Waals surface area contributed by atoms with Crippen molar-refractivity contribution in [3.8, 4) is 0 Å². The van der Waals surface area contributed by atoms with Crippen molar-refractivity contribution in [3.05, 3.63) is 70.1 Å². The number of rotatable bonds is 9. The second kappa shape index (κ2) is 12.4. The Labute approximate surface area is 194 Å². The standard InChI is InChI=1S/C22H29N5O2.HI/c1-2-23-22(25-13-12-24-21(29)19-10-11-19)26-15-17-6-8-18(9-7-17)16-27-14-4-3-5-20(27)28;/h3-9,14,19H,2,10-13,15-16H2,1H3,(H,24,29)(H2,23,25,26);1H. The van der Waals surface area contributed by atoms with E-state index in [1.807, 2.05) is 37.3 Å². The molecular formula is C22H30IN5O2. The van der Waals surface area contributed by atoms with Crippen LogP contribution < -0.4 is 21.5 Å². The van der Waals surface area contributed by atoms with Gasteiger partial charge in [0.25, 0.3) is 5.56 Å². The van der Waals surface area contributed by atoms with E-state index in [0.29, 0.717) is 26.2 Å². The van der Waals surface area contributed by atoms with Gasteiger partial charge >= 0.3 is 0 Å². The van der Waals surface area contributed by atoms with Crippen LogP contribution in [0.3, 0.4) is 0 Å². The maximum Gasteiger partial charge on any atom is 0.250 e. The molecule has 0 unspecified atom stereocenters. The largest absolute Gasteiger partial charge is 0.357 e. The van der Waals surface area contributed by atoms with Crippen LogP contribution in [0.4, 0.5) is 0 Å². The zero-order valence-electron chi connectivity index (χ0n) is 17.3. The fourth-order valence-electron chi connectivity index (χ4n) is 2.91. The van der Waals surface area contributed by atoms with E-state index in [1.165, 1.54) is 0 Å². The Bertz CT molecular complexity index is 891. The number of aliphatic imine (C=N–C) groups is 1. The molecule has 1 heterocycles. The van der Waals surface area contributed by atoms with Crippen LogP contribution in [0, 0.1) is 5.92 Å². The number of carbonyl (C=O) groups is 1. The zero-order valence-corrected chi connectivity index (χ0v) is 19.6. The minimum Gasteiger partial charge on any atom is -0.357 e. The van der Waals surface area contributed by atoms with Gasteiger partial charge in [0.05, 0.1) is 13.1 Å². The monoisotopic (exact) mass is 523 g/mol. The molecular weight excluding hydrogens is 493 g/mol. The molecule has 1 saturated carbocycles. The summed E-state index contributed by atoms with van der Waals surface area (Å²) < 4.78 is 1.68. The van der Waals surface area contributed by atoms with Gasteiger partial charge in [0.15, 0.2) is 5.96 Å². The Morgan fingerprint density at radius 2 is 1.73 bits per heavy atom. The first kappa shape index (κ1) is 23.9. The van der Waals surface area contributed by atoms with Crippen LogP contribution in [0.5, 0.6) is 0 Å². The van der Waals surface area contributed by atoms with Gasteiger partial charge < -0.3 is 20.5 Å². The molecule has 1 aromatic heterocycles. The summed E-state index contributed by atoms with van der Waals surface area (Å²) in [6.07, 6.45) is 3.83. The van der Waals surface area contributed by atoms with Crippen molar-refractivity contribution in [2.45, 2.75) is 32.9 Å². The van der Waals surface area contributed by atoms with Crippen LogP contribution in [0.2, 0.25) is 0 Å². The minimum atomic E-state index is -0.00384. The SMILES string of the molecule is CCNC(=NCc1ccc(Cn2ccccc2=O)cc1)NCCNC(=O)C1CC1.I. The van der Waals surface area contributed by atoms with E-state index in [-0.39, 0.29) is 41.4 Å². The average molecular weight is 523 g/mol. The predicted octanol–water partition coefficient (Wildman–Crippen LogP) is 2.10. The first-order valence-electron chi connectivity index (χ1n) is 10.2.